The van der Waals surface area contributed by atoms with E-state index in [0.717, 1.165) is 14.7 Å². The van der Waals surface area contributed by atoms with E-state index in [2.05, 4.69) is 27.3 Å². The summed E-state index contributed by atoms with van der Waals surface area (Å²) in [5, 5.41) is 0. The Hall–Kier alpha value is -2.62. The van der Waals surface area contributed by atoms with Gasteiger partial charge in [0.25, 0.3) is 0 Å². The number of methoxy groups -OCH3 is 1. The minimum Gasteiger partial charge on any atom is -0.482 e. The average molecular weight is 552 g/mol. The average Bonchev–Trinajstić information content (AvgIpc) is 2.79. The van der Waals surface area contributed by atoms with Gasteiger partial charge in [0, 0.05) is 37.2 Å². The van der Waals surface area contributed by atoms with Crippen LogP contribution in [0.2, 0.25) is 0 Å². The number of aryl methyl sites for hydroxylation is 1. The number of likely N-dealkylation sites (N-methyl/N-ethyl adjacent to an activating group) is 2. The topological polar surface area (TPSA) is 76.2 Å². The molecule has 2 aromatic rings. The number of carbonyl (C=O) groups is 3. The van der Waals surface area contributed by atoms with E-state index in [-0.39, 0.29) is 18.4 Å². The van der Waals surface area contributed by atoms with Gasteiger partial charge in [-0.1, -0.05) is 30.3 Å². The molecule has 0 fully saturated rings. The van der Waals surface area contributed by atoms with Gasteiger partial charge in [-0.25, -0.2) is 4.79 Å². The lowest BCUT2D eigenvalue weighted by Gasteiger charge is -2.23. The minimum absolute atomic E-state index is 0.0181. The fourth-order valence-corrected chi connectivity index (χ4v) is 3.59. The Balaban J connectivity index is 1.79. The molecular formula is C24H29IN2O5. The molecule has 8 heteroatoms. The fourth-order valence-electron chi connectivity index (χ4n) is 2.99. The van der Waals surface area contributed by atoms with Crippen molar-refractivity contribution in [2.45, 2.75) is 19.3 Å². The zero-order chi connectivity index (χ0) is 23.5. The predicted octanol–water partition coefficient (Wildman–Crippen LogP) is 2.94. The summed E-state index contributed by atoms with van der Waals surface area (Å²) < 4.78 is 11.2. The van der Waals surface area contributed by atoms with Crippen molar-refractivity contribution >= 4 is 40.4 Å². The van der Waals surface area contributed by atoms with Gasteiger partial charge in [-0.2, -0.15) is 0 Å². The summed E-state index contributed by atoms with van der Waals surface area (Å²) in [5.41, 5.74) is 1.83. The zero-order valence-electron chi connectivity index (χ0n) is 18.7. The van der Waals surface area contributed by atoms with Crippen LogP contribution in [0.25, 0.3) is 0 Å². The van der Waals surface area contributed by atoms with Crippen molar-refractivity contribution in [3.8, 4) is 5.75 Å². The predicted molar refractivity (Wildman–Crippen MR) is 130 cm³/mol. The lowest BCUT2D eigenvalue weighted by molar-refractivity contribution is -0.143. The Labute approximate surface area is 202 Å². The molecule has 2 aromatic carbocycles. The van der Waals surface area contributed by atoms with E-state index in [1.165, 1.54) is 7.11 Å². The van der Waals surface area contributed by atoms with E-state index >= 15 is 0 Å². The lowest BCUT2D eigenvalue weighted by atomic mass is 10.1. The SMILES string of the molecule is COC(=O)COc1ccccc1CCC(=O)N(C)CCN(C)C(=O)Cc1cccc(I)c1. The fraction of sp³-hybridized carbons (Fsp3) is 0.375. The van der Waals surface area contributed by atoms with Crippen molar-refractivity contribution < 1.29 is 23.9 Å². The largest absolute Gasteiger partial charge is 0.482 e. The quantitative estimate of drug-likeness (QED) is 0.317. The van der Waals surface area contributed by atoms with Crippen molar-refractivity contribution in [3.63, 3.8) is 0 Å². The monoisotopic (exact) mass is 552 g/mol. The van der Waals surface area contributed by atoms with Gasteiger partial charge in [0.15, 0.2) is 6.61 Å². The number of para-hydroxylation sites is 1. The number of amides is 2. The third kappa shape index (κ3) is 8.49. The van der Waals surface area contributed by atoms with Gasteiger partial charge in [-0.15, -0.1) is 0 Å². The molecule has 172 valence electrons. The van der Waals surface area contributed by atoms with E-state index < -0.39 is 5.97 Å². The Morgan fingerprint density at radius 2 is 1.62 bits per heavy atom. The Bertz CT molecular complexity index is 934. The van der Waals surface area contributed by atoms with Crippen molar-refractivity contribution in [3.05, 3.63) is 63.2 Å². The van der Waals surface area contributed by atoms with Gasteiger partial charge >= 0.3 is 5.97 Å². The highest BCUT2D eigenvalue weighted by Crippen LogP contribution is 2.20. The number of carbonyl (C=O) groups excluding carboxylic acids is 3. The summed E-state index contributed by atoms with van der Waals surface area (Å²) in [6.45, 7) is 0.738. The summed E-state index contributed by atoms with van der Waals surface area (Å²) >= 11 is 2.23. The second-order valence-corrected chi connectivity index (χ2v) is 8.66. The molecule has 0 radical (unpaired) electrons. The van der Waals surface area contributed by atoms with Crippen molar-refractivity contribution in [2.75, 3.05) is 40.9 Å². The van der Waals surface area contributed by atoms with Crippen LogP contribution in [0.1, 0.15) is 17.5 Å². The molecule has 2 rings (SSSR count). The molecule has 0 N–H and O–H groups in total. The molecule has 0 aromatic heterocycles. The highest BCUT2D eigenvalue weighted by molar-refractivity contribution is 14.1. The minimum atomic E-state index is -0.462. The lowest BCUT2D eigenvalue weighted by Crippen LogP contribution is -2.38. The van der Waals surface area contributed by atoms with E-state index in [9.17, 15) is 14.4 Å². The van der Waals surface area contributed by atoms with Crippen LogP contribution in [-0.2, 0) is 32.0 Å². The molecule has 0 aliphatic rings. The van der Waals surface area contributed by atoms with Gasteiger partial charge in [0.1, 0.15) is 5.75 Å². The third-order valence-corrected chi connectivity index (χ3v) is 5.69. The maximum absolute atomic E-state index is 12.6. The first-order chi connectivity index (χ1) is 15.3. The first-order valence-corrected chi connectivity index (χ1v) is 11.4. The molecule has 0 atom stereocenters. The summed E-state index contributed by atoms with van der Waals surface area (Å²) in [6, 6.07) is 15.2. The maximum atomic E-state index is 12.6. The molecular weight excluding hydrogens is 523 g/mol. The molecule has 0 spiro atoms. The number of halogens is 1. The van der Waals surface area contributed by atoms with Gasteiger partial charge in [0.2, 0.25) is 11.8 Å². The Kier molecular flexibility index (Phi) is 10.5. The zero-order valence-corrected chi connectivity index (χ0v) is 20.8. The third-order valence-electron chi connectivity index (χ3n) is 5.02. The van der Waals surface area contributed by atoms with Crippen LogP contribution in [0.4, 0.5) is 0 Å². The smallest absolute Gasteiger partial charge is 0.343 e. The molecule has 7 nitrogen and oxygen atoms in total. The molecule has 0 unspecified atom stereocenters. The van der Waals surface area contributed by atoms with Gasteiger partial charge < -0.3 is 19.3 Å². The molecule has 0 heterocycles. The number of hydrogen-bond acceptors (Lipinski definition) is 5. The van der Waals surface area contributed by atoms with E-state index in [0.29, 0.717) is 38.1 Å². The highest BCUT2D eigenvalue weighted by atomic mass is 127. The van der Waals surface area contributed by atoms with Crippen LogP contribution in [0.5, 0.6) is 5.75 Å². The second kappa shape index (κ2) is 13.0. The van der Waals surface area contributed by atoms with E-state index in [1.54, 1.807) is 30.0 Å². The van der Waals surface area contributed by atoms with Gasteiger partial charge in [-0.3, -0.25) is 9.59 Å². The summed E-state index contributed by atoms with van der Waals surface area (Å²) in [7, 11) is 4.79. The van der Waals surface area contributed by atoms with Crippen LogP contribution >= 0.6 is 22.6 Å². The molecule has 0 aliphatic heterocycles. The highest BCUT2D eigenvalue weighted by Gasteiger charge is 2.15. The number of nitrogens with zero attached hydrogens (tertiary/aromatic N) is 2. The van der Waals surface area contributed by atoms with Crippen LogP contribution in [-0.4, -0.2) is 68.5 Å². The van der Waals surface area contributed by atoms with Crippen LogP contribution < -0.4 is 4.74 Å². The van der Waals surface area contributed by atoms with Crippen LogP contribution in [0, 0.1) is 3.57 Å². The molecule has 0 saturated heterocycles. The summed E-state index contributed by atoms with van der Waals surface area (Å²) in [6.07, 6.45) is 1.13. The number of benzene rings is 2. The number of ether oxygens (including phenoxy) is 2. The van der Waals surface area contributed by atoms with E-state index in [1.807, 2.05) is 42.5 Å². The van der Waals surface area contributed by atoms with Gasteiger partial charge in [-0.05, 0) is 58.3 Å². The first kappa shape index (κ1) is 25.6. The normalized spacial score (nSPS) is 10.4. The number of rotatable bonds is 11. The first-order valence-electron chi connectivity index (χ1n) is 10.3. The van der Waals surface area contributed by atoms with Crippen LogP contribution in [0.15, 0.2) is 48.5 Å². The molecule has 32 heavy (non-hydrogen) atoms. The second-order valence-electron chi connectivity index (χ2n) is 7.41. The van der Waals surface area contributed by atoms with E-state index in [4.69, 9.17) is 4.74 Å². The summed E-state index contributed by atoms with van der Waals surface area (Å²) in [5.74, 6) is 0.0984. The van der Waals surface area contributed by atoms with Crippen LogP contribution in [0.3, 0.4) is 0 Å². The Morgan fingerprint density at radius 3 is 2.31 bits per heavy atom. The van der Waals surface area contributed by atoms with Crippen molar-refractivity contribution in [2.24, 2.45) is 0 Å². The number of hydrogen-bond donors (Lipinski definition) is 0. The molecule has 0 bridgehead atoms. The molecule has 0 saturated carbocycles. The standard InChI is InChI=1S/C24H29IN2O5/c1-26(13-14-27(2)23(29)16-18-7-6-9-20(25)15-18)22(28)12-11-19-8-4-5-10-21(19)32-17-24(30)31-3/h4-10,15H,11-14,16-17H2,1-3H3. The van der Waals surface area contributed by atoms with Crippen molar-refractivity contribution in [1.29, 1.82) is 0 Å². The van der Waals surface area contributed by atoms with Crippen molar-refractivity contribution in [1.82, 2.24) is 9.80 Å². The molecule has 0 aliphatic carbocycles. The van der Waals surface area contributed by atoms with Gasteiger partial charge in [0.05, 0.1) is 13.5 Å². The Morgan fingerprint density at radius 1 is 0.938 bits per heavy atom. The molecule has 2 amide bonds. The number of esters is 1. The summed E-state index contributed by atoms with van der Waals surface area (Å²) in [4.78, 5) is 39.6. The maximum Gasteiger partial charge on any atom is 0.343 e.